The second kappa shape index (κ2) is 7.64. The van der Waals surface area contributed by atoms with Crippen molar-refractivity contribution in [2.24, 2.45) is 0 Å². The number of hydrogen-bond donors (Lipinski definition) is 1. The highest BCUT2D eigenvalue weighted by molar-refractivity contribution is 5.91. The van der Waals surface area contributed by atoms with Crippen molar-refractivity contribution in [2.75, 3.05) is 6.61 Å². The Labute approximate surface area is 141 Å². The van der Waals surface area contributed by atoms with Gasteiger partial charge in [-0.1, -0.05) is 18.2 Å². The molecule has 0 aliphatic rings. The van der Waals surface area contributed by atoms with Crippen LogP contribution in [0.4, 0.5) is 0 Å². The van der Waals surface area contributed by atoms with Crippen LogP contribution in [-0.2, 0) is 9.53 Å². The number of para-hydroxylation sites is 1. The number of rotatable bonds is 5. The predicted octanol–water partition coefficient (Wildman–Crippen LogP) is 3.55. The Hall–Kier alpha value is -2.82. The lowest BCUT2D eigenvalue weighted by atomic mass is 10.1. The smallest absolute Gasteiger partial charge is 0.338 e. The van der Waals surface area contributed by atoms with Gasteiger partial charge in [0.2, 0.25) is 0 Å². The highest BCUT2D eigenvalue weighted by Gasteiger charge is 2.16. The Morgan fingerprint density at radius 2 is 1.50 bits per heavy atom. The Kier molecular flexibility index (Phi) is 5.58. The van der Waals surface area contributed by atoms with Gasteiger partial charge in [0.1, 0.15) is 11.5 Å². The lowest BCUT2D eigenvalue weighted by Gasteiger charge is -2.20. The van der Waals surface area contributed by atoms with Gasteiger partial charge in [-0.2, -0.15) is 0 Å². The van der Waals surface area contributed by atoms with Crippen molar-refractivity contribution >= 4 is 11.9 Å². The van der Waals surface area contributed by atoms with Crippen molar-refractivity contribution in [1.29, 1.82) is 0 Å². The van der Waals surface area contributed by atoms with Gasteiger partial charge in [0.25, 0.3) is 5.91 Å². The zero-order valence-corrected chi connectivity index (χ0v) is 14.0. The minimum atomic E-state index is -0.551. The number of esters is 1. The minimum Gasteiger partial charge on any atom is -0.457 e. The van der Waals surface area contributed by atoms with Crippen LogP contribution in [0.2, 0.25) is 0 Å². The predicted molar refractivity (Wildman–Crippen MR) is 91.1 cm³/mol. The van der Waals surface area contributed by atoms with Crippen LogP contribution in [0.3, 0.4) is 0 Å². The Balaban J connectivity index is 1.88. The van der Waals surface area contributed by atoms with Crippen molar-refractivity contribution in [1.82, 2.24) is 5.32 Å². The molecule has 1 amide bonds. The van der Waals surface area contributed by atoms with E-state index in [1.807, 2.05) is 51.1 Å². The fraction of sp³-hybridized carbons (Fsp3) is 0.263. The molecule has 0 aromatic heterocycles. The Morgan fingerprint density at radius 1 is 0.917 bits per heavy atom. The molecule has 0 radical (unpaired) electrons. The Morgan fingerprint density at radius 3 is 2.08 bits per heavy atom. The van der Waals surface area contributed by atoms with Gasteiger partial charge < -0.3 is 14.8 Å². The molecule has 2 rings (SSSR count). The summed E-state index contributed by atoms with van der Waals surface area (Å²) in [6.07, 6.45) is 0. The molecule has 1 N–H and O–H groups in total. The summed E-state index contributed by atoms with van der Waals surface area (Å²) in [5.74, 6) is 0.445. The van der Waals surface area contributed by atoms with Crippen LogP contribution in [0.1, 0.15) is 31.1 Å². The third kappa shape index (κ3) is 5.76. The molecule has 0 saturated heterocycles. The maximum atomic E-state index is 11.9. The van der Waals surface area contributed by atoms with E-state index in [9.17, 15) is 9.59 Å². The maximum Gasteiger partial charge on any atom is 0.338 e. The van der Waals surface area contributed by atoms with Crippen LogP contribution in [-0.4, -0.2) is 24.0 Å². The van der Waals surface area contributed by atoms with Crippen LogP contribution < -0.4 is 10.1 Å². The first-order valence-corrected chi connectivity index (χ1v) is 7.64. The van der Waals surface area contributed by atoms with Gasteiger partial charge in [0.15, 0.2) is 6.61 Å². The Bertz CT molecular complexity index is 688. The molecule has 0 heterocycles. The van der Waals surface area contributed by atoms with Crippen molar-refractivity contribution in [2.45, 2.75) is 26.3 Å². The molecular formula is C19H21NO4. The second-order valence-corrected chi connectivity index (χ2v) is 6.31. The number of benzene rings is 2. The van der Waals surface area contributed by atoms with Crippen LogP contribution in [0, 0.1) is 0 Å². The topological polar surface area (TPSA) is 64.6 Å². The quantitative estimate of drug-likeness (QED) is 0.853. The van der Waals surface area contributed by atoms with Crippen molar-refractivity contribution in [3.63, 3.8) is 0 Å². The van der Waals surface area contributed by atoms with Gasteiger partial charge in [-0.3, -0.25) is 4.79 Å². The zero-order chi connectivity index (χ0) is 17.6. The summed E-state index contributed by atoms with van der Waals surface area (Å²) in [5, 5.41) is 2.73. The molecule has 5 nitrogen and oxygen atoms in total. The summed E-state index contributed by atoms with van der Waals surface area (Å²) in [4.78, 5) is 23.6. The average molecular weight is 327 g/mol. The molecule has 126 valence electrons. The third-order valence-electron chi connectivity index (χ3n) is 2.92. The van der Waals surface area contributed by atoms with Crippen molar-refractivity contribution < 1.29 is 19.1 Å². The molecule has 0 aliphatic heterocycles. The molecule has 2 aromatic carbocycles. The summed E-state index contributed by atoms with van der Waals surface area (Å²) in [5.41, 5.74) is -0.00104. The number of nitrogens with one attached hydrogen (secondary N) is 1. The van der Waals surface area contributed by atoms with E-state index in [1.165, 1.54) is 0 Å². The highest BCUT2D eigenvalue weighted by atomic mass is 16.5. The monoisotopic (exact) mass is 327 g/mol. The van der Waals surface area contributed by atoms with Crippen molar-refractivity contribution in [3.05, 3.63) is 60.2 Å². The first-order valence-electron chi connectivity index (χ1n) is 7.64. The molecule has 0 fully saturated rings. The molecule has 0 unspecified atom stereocenters. The van der Waals surface area contributed by atoms with E-state index < -0.39 is 5.97 Å². The second-order valence-electron chi connectivity index (χ2n) is 6.31. The van der Waals surface area contributed by atoms with E-state index in [-0.39, 0.29) is 18.1 Å². The minimum absolute atomic E-state index is 0.307. The summed E-state index contributed by atoms with van der Waals surface area (Å²) in [6, 6.07) is 15.9. The summed E-state index contributed by atoms with van der Waals surface area (Å²) < 4.78 is 10.7. The summed E-state index contributed by atoms with van der Waals surface area (Å²) in [7, 11) is 0. The molecular weight excluding hydrogens is 306 g/mol. The van der Waals surface area contributed by atoms with E-state index in [0.29, 0.717) is 17.1 Å². The third-order valence-corrected chi connectivity index (χ3v) is 2.92. The molecule has 0 bridgehead atoms. The lowest BCUT2D eigenvalue weighted by molar-refractivity contribution is -0.125. The van der Waals surface area contributed by atoms with Gasteiger partial charge in [-0.05, 0) is 57.2 Å². The molecule has 2 aromatic rings. The molecule has 0 saturated carbocycles. The first kappa shape index (κ1) is 17.5. The maximum absolute atomic E-state index is 11.9. The van der Waals surface area contributed by atoms with Crippen LogP contribution in [0.25, 0.3) is 0 Å². The van der Waals surface area contributed by atoms with Crippen molar-refractivity contribution in [3.8, 4) is 11.5 Å². The van der Waals surface area contributed by atoms with E-state index in [4.69, 9.17) is 9.47 Å². The molecule has 0 spiro atoms. The first-order chi connectivity index (χ1) is 11.3. The summed E-state index contributed by atoms with van der Waals surface area (Å²) >= 11 is 0. The zero-order valence-electron chi connectivity index (χ0n) is 14.0. The van der Waals surface area contributed by atoms with Crippen LogP contribution >= 0.6 is 0 Å². The van der Waals surface area contributed by atoms with E-state index >= 15 is 0 Å². The van der Waals surface area contributed by atoms with E-state index in [0.717, 1.165) is 0 Å². The highest BCUT2D eigenvalue weighted by Crippen LogP contribution is 2.21. The van der Waals surface area contributed by atoms with Gasteiger partial charge in [0.05, 0.1) is 5.56 Å². The standard InChI is InChI=1S/C19H21NO4/c1-19(2,3)20-17(21)13-23-18(22)14-9-11-16(12-10-14)24-15-7-5-4-6-8-15/h4-12H,13H2,1-3H3,(H,20,21). The van der Waals surface area contributed by atoms with Gasteiger partial charge in [0, 0.05) is 5.54 Å². The molecule has 0 atom stereocenters. The fourth-order valence-corrected chi connectivity index (χ4v) is 1.95. The number of carbonyl (C=O) groups is 2. The lowest BCUT2D eigenvalue weighted by Crippen LogP contribution is -2.42. The van der Waals surface area contributed by atoms with Gasteiger partial charge >= 0.3 is 5.97 Å². The number of ether oxygens (including phenoxy) is 2. The largest absolute Gasteiger partial charge is 0.457 e. The van der Waals surface area contributed by atoms with Crippen LogP contribution in [0.15, 0.2) is 54.6 Å². The summed E-state index contributed by atoms with van der Waals surface area (Å²) in [6.45, 7) is 5.27. The SMILES string of the molecule is CC(C)(C)NC(=O)COC(=O)c1ccc(Oc2ccccc2)cc1. The van der Waals surface area contributed by atoms with E-state index in [2.05, 4.69) is 5.32 Å². The molecule has 24 heavy (non-hydrogen) atoms. The average Bonchev–Trinajstić information content (AvgIpc) is 2.53. The number of amides is 1. The van der Waals surface area contributed by atoms with Crippen LogP contribution in [0.5, 0.6) is 11.5 Å². The normalized spacial score (nSPS) is 10.8. The number of carbonyl (C=O) groups excluding carboxylic acids is 2. The van der Waals surface area contributed by atoms with E-state index in [1.54, 1.807) is 24.3 Å². The molecule has 5 heteroatoms. The number of hydrogen-bond acceptors (Lipinski definition) is 4. The van der Waals surface area contributed by atoms with Gasteiger partial charge in [-0.25, -0.2) is 4.79 Å². The molecule has 0 aliphatic carbocycles. The fourth-order valence-electron chi connectivity index (χ4n) is 1.95. The van der Waals surface area contributed by atoms with Gasteiger partial charge in [-0.15, -0.1) is 0 Å².